The van der Waals surface area contributed by atoms with Gasteiger partial charge in [-0.1, -0.05) is 6.92 Å². The summed E-state index contributed by atoms with van der Waals surface area (Å²) in [4.78, 5) is 11.9. The lowest BCUT2D eigenvalue weighted by Gasteiger charge is -2.12. The smallest absolute Gasteiger partial charge is 0.261 e. The standard InChI is InChI=1S/C14H19N3O3/c1-3-6-17-10-13(9-16-17)20-11(2)14(18)15-8-12-5-4-7-19-12/h4-5,7,9-11H,3,6,8H2,1-2H3,(H,15,18). The molecule has 0 aliphatic carbocycles. The summed E-state index contributed by atoms with van der Waals surface area (Å²) in [6.07, 6.45) is 5.40. The van der Waals surface area contributed by atoms with Crippen LogP contribution < -0.4 is 10.1 Å². The van der Waals surface area contributed by atoms with E-state index in [-0.39, 0.29) is 5.91 Å². The molecule has 2 heterocycles. The van der Waals surface area contributed by atoms with Gasteiger partial charge in [0.05, 0.1) is 25.2 Å². The Morgan fingerprint density at radius 2 is 2.45 bits per heavy atom. The Bertz CT molecular complexity index is 534. The van der Waals surface area contributed by atoms with E-state index in [2.05, 4.69) is 17.3 Å². The molecule has 0 fully saturated rings. The van der Waals surface area contributed by atoms with E-state index in [1.807, 2.05) is 0 Å². The lowest BCUT2D eigenvalue weighted by molar-refractivity contribution is -0.127. The largest absolute Gasteiger partial charge is 0.478 e. The first-order chi connectivity index (χ1) is 9.69. The summed E-state index contributed by atoms with van der Waals surface area (Å²) in [6.45, 7) is 4.97. The van der Waals surface area contributed by atoms with Crippen LogP contribution in [-0.4, -0.2) is 21.8 Å². The third kappa shape index (κ3) is 3.88. The number of furan rings is 1. The Balaban J connectivity index is 1.80. The van der Waals surface area contributed by atoms with Gasteiger partial charge in [-0.25, -0.2) is 0 Å². The molecule has 20 heavy (non-hydrogen) atoms. The van der Waals surface area contributed by atoms with Crippen molar-refractivity contribution in [3.63, 3.8) is 0 Å². The zero-order valence-corrected chi connectivity index (χ0v) is 11.7. The highest BCUT2D eigenvalue weighted by Crippen LogP contribution is 2.11. The first kappa shape index (κ1) is 14.2. The second-order valence-electron chi connectivity index (χ2n) is 4.50. The fourth-order valence-corrected chi connectivity index (χ4v) is 1.75. The van der Waals surface area contributed by atoms with E-state index in [4.69, 9.17) is 9.15 Å². The Labute approximate surface area is 117 Å². The summed E-state index contributed by atoms with van der Waals surface area (Å²) in [7, 11) is 0. The zero-order chi connectivity index (χ0) is 14.4. The van der Waals surface area contributed by atoms with E-state index in [9.17, 15) is 4.79 Å². The molecule has 2 aromatic heterocycles. The van der Waals surface area contributed by atoms with Gasteiger partial charge in [-0.05, 0) is 25.5 Å². The number of aryl methyl sites for hydroxylation is 1. The Hall–Kier alpha value is -2.24. The van der Waals surface area contributed by atoms with Gasteiger partial charge in [0, 0.05) is 6.54 Å². The molecule has 0 bridgehead atoms. The third-order valence-corrected chi connectivity index (χ3v) is 2.76. The van der Waals surface area contributed by atoms with Gasteiger partial charge in [0.2, 0.25) is 0 Å². The van der Waals surface area contributed by atoms with Gasteiger partial charge < -0.3 is 14.5 Å². The van der Waals surface area contributed by atoms with Crippen molar-refractivity contribution in [3.05, 3.63) is 36.5 Å². The molecule has 0 radical (unpaired) electrons. The number of hydrogen-bond acceptors (Lipinski definition) is 4. The lowest BCUT2D eigenvalue weighted by atomic mass is 10.3. The van der Waals surface area contributed by atoms with Crippen molar-refractivity contribution in [2.45, 2.75) is 39.5 Å². The Morgan fingerprint density at radius 3 is 3.15 bits per heavy atom. The van der Waals surface area contributed by atoms with E-state index in [0.29, 0.717) is 18.1 Å². The van der Waals surface area contributed by atoms with E-state index >= 15 is 0 Å². The van der Waals surface area contributed by atoms with Crippen LogP contribution in [-0.2, 0) is 17.9 Å². The highest BCUT2D eigenvalue weighted by molar-refractivity contribution is 5.80. The zero-order valence-electron chi connectivity index (χ0n) is 11.7. The minimum atomic E-state index is -0.579. The minimum absolute atomic E-state index is 0.190. The van der Waals surface area contributed by atoms with Crippen LogP contribution in [0.5, 0.6) is 5.75 Å². The average Bonchev–Trinajstić information content (AvgIpc) is 3.08. The van der Waals surface area contributed by atoms with Crippen molar-refractivity contribution in [1.82, 2.24) is 15.1 Å². The molecule has 108 valence electrons. The summed E-state index contributed by atoms with van der Waals surface area (Å²) >= 11 is 0. The molecule has 2 aromatic rings. The SMILES string of the molecule is CCCn1cc(OC(C)C(=O)NCc2ccco2)cn1. The molecule has 1 unspecified atom stereocenters. The molecule has 0 aromatic carbocycles. The van der Waals surface area contributed by atoms with Crippen molar-refractivity contribution >= 4 is 5.91 Å². The fraction of sp³-hybridized carbons (Fsp3) is 0.429. The van der Waals surface area contributed by atoms with Crippen LogP contribution in [0, 0.1) is 0 Å². The average molecular weight is 277 g/mol. The summed E-state index contributed by atoms with van der Waals surface area (Å²) in [5, 5.41) is 6.90. The maximum atomic E-state index is 11.9. The molecule has 2 rings (SSSR count). The second kappa shape index (κ2) is 6.79. The molecule has 6 nitrogen and oxygen atoms in total. The number of rotatable bonds is 7. The highest BCUT2D eigenvalue weighted by atomic mass is 16.5. The fourth-order valence-electron chi connectivity index (χ4n) is 1.75. The summed E-state index contributed by atoms with van der Waals surface area (Å²) in [5.41, 5.74) is 0. The van der Waals surface area contributed by atoms with Gasteiger partial charge in [0.15, 0.2) is 11.9 Å². The van der Waals surface area contributed by atoms with Crippen LogP contribution in [0.25, 0.3) is 0 Å². The van der Waals surface area contributed by atoms with Gasteiger partial charge >= 0.3 is 0 Å². The van der Waals surface area contributed by atoms with Crippen molar-refractivity contribution in [1.29, 1.82) is 0 Å². The van der Waals surface area contributed by atoms with E-state index in [0.717, 1.165) is 13.0 Å². The predicted octanol–water partition coefficient (Wildman–Crippen LogP) is 1.97. The second-order valence-corrected chi connectivity index (χ2v) is 4.50. The molecule has 0 aliphatic heterocycles. The first-order valence-corrected chi connectivity index (χ1v) is 6.68. The van der Waals surface area contributed by atoms with Crippen molar-refractivity contribution in [2.75, 3.05) is 0 Å². The number of nitrogens with zero attached hydrogens (tertiary/aromatic N) is 2. The van der Waals surface area contributed by atoms with Crippen molar-refractivity contribution in [2.24, 2.45) is 0 Å². The summed E-state index contributed by atoms with van der Waals surface area (Å²) < 4.78 is 12.5. The first-order valence-electron chi connectivity index (χ1n) is 6.68. The topological polar surface area (TPSA) is 69.3 Å². The predicted molar refractivity (Wildman–Crippen MR) is 73.2 cm³/mol. The number of carbonyl (C=O) groups excluding carboxylic acids is 1. The summed E-state index contributed by atoms with van der Waals surface area (Å²) in [6, 6.07) is 3.59. The minimum Gasteiger partial charge on any atom is -0.478 e. The van der Waals surface area contributed by atoms with Gasteiger partial charge in [0.1, 0.15) is 5.76 Å². The van der Waals surface area contributed by atoms with Crippen LogP contribution in [0.2, 0.25) is 0 Å². The van der Waals surface area contributed by atoms with Gasteiger partial charge in [0.25, 0.3) is 5.91 Å². The normalized spacial score (nSPS) is 12.1. The maximum Gasteiger partial charge on any atom is 0.261 e. The summed E-state index contributed by atoms with van der Waals surface area (Å²) in [5.74, 6) is 1.12. The number of ether oxygens (including phenoxy) is 1. The van der Waals surface area contributed by atoms with Crippen molar-refractivity contribution < 1.29 is 13.9 Å². The maximum absolute atomic E-state index is 11.9. The molecular formula is C14H19N3O3. The molecule has 1 N–H and O–H groups in total. The molecule has 0 aliphatic rings. The number of carbonyl (C=O) groups is 1. The molecule has 1 atom stereocenters. The van der Waals surface area contributed by atoms with Crippen LogP contribution in [0.4, 0.5) is 0 Å². The molecule has 0 spiro atoms. The Morgan fingerprint density at radius 1 is 1.60 bits per heavy atom. The molecule has 0 saturated carbocycles. The van der Waals surface area contributed by atoms with Crippen LogP contribution >= 0.6 is 0 Å². The number of amides is 1. The molecule has 1 amide bonds. The number of hydrogen-bond donors (Lipinski definition) is 1. The quantitative estimate of drug-likeness (QED) is 0.840. The monoisotopic (exact) mass is 277 g/mol. The number of nitrogens with one attached hydrogen (secondary N) is 1. The van der Waals surface area contributed by atoms with Crippen LogP contribution in [0.1, 0.15) is 26.0 Å². The van der Waals surface area contributed by atoms with E-state index in [1.54, 1.807) is 42.4 Å². The highest BCUT2D eigenvalue weighted by Gasteiger charge is 2.15. The third-order valence-electron chi connectivity index (χ3n) is 2.76. The van der Waals surface area contributed by atoms with E-state index in [1.165, 1.54) is 0 Å². The van der Waals surface area contributed by atoms with Crippen molar-refractivity contribution in [3.8, 4) is 5.75 Å². The van der Waals surface area contributed by atoms with Crippen LogP contribution in [0.15, 0.2) is 35.2 Å². The van der Waals surface area contributed by atoms with Gasteiger partial charge in [-0.3, -0.25) is 9.48 Å². The number of aromatic nitrogens is 2. The van der Waals surface area contributed by atoms with Gasteiger partial charge in [-0.15, -0.1) is 0 Å². The van der Waals surface area contributed by atoms with Gasteiger partial charge in [-0.2, -0.15) is 5.10 Å². The lowest BCUT2D eigenvalue weighted by Crippen LogP contribution is -2.35. The molecule has 0 saturated heterocycles. The Kier molecular flexibility index (Phi) is 4.81. The van der Waals surface area contributed by atoms with E-state index < -0.39 is 6.10 Å². The molecular weight excluding hydrogens is 258 g/mol. The van der Waals surface area contributed by atoms with Crippen LogP contribution in [0.3, 0.4) is 0 Å². The molecule has 6 heteroatoms.